The van der Waals surface area contributed by atoms with Gasteiger partial charge >= 0.3 is 0 Å². The predicted molar refractivity (Wildman–Crippen MR) is 117 cm³/mol. The van der Waals surface area contributed by atoms with Crippen molar-refractivity contribution >= 4 is 17.4 Å². The van der Waals surface area contributed by atoms with Crippen LogP contribution in [-0.2, 0) is 6.54 Å². The molecule has 3 aromatic rings. The number of aryl methyl sites for hydroxylation is 2. The number of pyridine rings is 1. The molecule has 1 aromatic heterocycles. The minimum Gasteiger partial charge on any atom is -0.496 e. The van der Waals surface area contributed by atoms with Crippen molar-refractivity contribution in [3.63, 3.8) is 0 Å². The maximum Gasteiger partial charge on any atom is 0.121 e. The van der Waals surface area contributed by atoms with Gasteiger partial charge in [-0.25, -0.2) is 0 Å². The quantitative estimate of drug-likeness (QED) is 0.549. The Balaban J connectivity index is 1.62. The van der Waals surface area contributed by atoms with Crippen LogP contribution in [0, 0.1) is 13.8 Å². The minimum absolute atomic E-state index is 0.432. The lowest BCUT2D eigenvalue weighted by molar-refractivity contribution is 0.411. The number of rotatable bonds is 4. The highest BCUT2D eigenvalue weighted by molar-refractivity contribution is 7.99. The highest BCUT2D eigenvalue weighted by Crippen LogP contribution is 2.45. The molecule has 0 spiro atoms. The molecule has 1 atom stereocenters. The Morgan fingerprint density at radius 2 is 1.93 bits per heavy atom. The van der Waals surface area contributed by atoms with Gasteiger partial charge in [0.1, 0.15) is 5.75 Å². The van der Waals surface area contributed by atoms with Crippen molar-refractivity contribution in [2.24, 2.45) is 0 Å². The summed E-state index contributed by atoms with van der Waals surface area (Å²) in [5, 5.41) is 0.432. The SMILES string of the molecule is COc1ccc(C2CCN(Cc3cccc(C)n3)c3ccccc3S2)cc1C. The Morgan fingerprint density at radius 1 is 1.07 bits per heavy atom. The highest BCUT2D eigenvalue weighted by Gasteiger charge is 2.24. The van der Waals surface area contributed by atoms with E-state index >= 15 is 0 Å². The van der Waals surface area contributed by atoms with Crippen LogP contribution < -0.4 is 9.64 Å². The highest BCUT2D eigenvalue weighted by atomic mass is 32.2. The molecule has 144 valence electrons. The zero-order chi connectivity index (χ0) is 19.5. The monoisotopic (exact) mass is 390 g/mol. The smallest absolute Gasteiger partial charge is 0.121 e. The summed E-state index contributed by atoms with van der Waals surface area (Å²) in [5.41, 5.74) is 6.07. The third kappa shape index (κ3) is 4.02. The molecule has 4 rings (SSSR count). The van der Waals surface area contributed by atoms with Gasteiger partial charge in [-0.3, -0.25) is 4.98 Å². The number of ether oxygens (including phenoxy) is 1. The zero-order valence-electron chi connectivity index (χ0n) is 16.7. The Morgan fingerprint density at radius 3 is 2.71 bits per heavy atom. The van der Waals surface area contributed by atoms with Gasteiger partial charge in [-0.15, -0.1) is 11.8 Å². The fourth-order valence-corrected chi connectivity index (χ4v) is 5.10. The Kier molecular flexibility index (Phi) is 5.58. The lowest BCUT2D eigenvalue weighted by Gasteiger charge is -2.24. The maximum atomic E-state index is 5.44. The van der Waals surface area contributed by atoms with Gasteiger partial charge in [0.25, 0.3) is 0 Å². The number of benzene rings is 2. The average molecular weight is 391 g/mol. The van der Waals surface area contributed by atoms with E-state index < -0.39 is 0 Å². The van der Waals surface area contributed by atoms with Crippen molar-refractivity contribution in [2.45, 2.75) is 37.0 Å². The van der Waals surface area contributed by atoms with Crippen molar-refractivity contribution in [1.29, 1.82) is 0 Å². The van der Waals surface area contributed by atoms with Gasteiger partial charge in [-0.2, -0.15) is 0 Å². The van der Waals surface area contributed by atoms with E-state index in [1.807, 2.05) is 11.8 Å². The summed E-state index contributed by atoms with van der Waals surface area (Å²) in [6.07, 6.45) is 1.09. The van der Waals surface area contributed by atoms with Crippen LogP contribution in [0.2, 0.25) is 0 Å². The fraction of sp³-hybridized carbons (Fsp3) is 0.292. The first-order chi connectivity index (χ1) is 13.6. The minimum atomic E-state index is 0.432. The molecule has 2 heterocycles. The molecule has 1 aliphatic rings. The van der Waals surface area contributed by atoms with Crippen LogP contribution in [0.25, 0.3) is 0 Å². The van der Waals surface area contributed by atoms with E-state index in [1.165, 1.54) is 21.7 Å². The van der Waals surface area contributed by atoms with Gasteiger partial charge in [-0.1, -0.05) is 30.3 Å². The number of para-hydroxylation sites is 1. The molecule has 0 aliphatic carbocycles. The number of anilines is 1. The zero-order valence-corrected chi connectivity index (χ0v) is 17.5. The van der Waals surface area contributed by atoms with Crippen molar-refractivity contribution in [3.8, 4) is 5.75 Å². The summed E-state index contributed by atoms with van der Waals surface area (Å²) in [6, 6.07) is 21.6. The van der Waals surface area contributed by atoms with Gasteiger partial charge in [0, 0.05) is 22.4 Å². The molecule has 0 saturated carbocycles. The number of hydrogen-bond acceptors (Lipinski definition) is 4. The van der Waals surface area contributed by atoms with Gasteiger partial charge in [0.2, 0.25) is 0 Å². The molecule has 0 N–H and O–H groups in total. The van der Waals surface area contributed by atoms with Gasteiger partial charge in [-0.05, 0) is 61.7 Å². The fourth-order valence-electron chi connectivity index (χ4n) is 3.81. The van der Waals surface area contributed by atoms with E-state index in [2.05, 4.69) is 79.4 Å². The number of aromatic nitrogens is 1. The van der Waals surface area contributed by atoms with Crippen molar-refractivity contribution < 1.29 is 4.74 Å². The van der Waals surface area contributed by atoms with Crippen molar-refractivity contribution in [2.75, 3.05) is 18.6 Å². The number of thioether (sulfide) groups is 1. The van der Waals surface area contributed by atoms with E-state index in [0.717, 1.165) is 36.6 Å². The van der Waals surface area contributed by atoms with Crippen molar-refractivity contribution in [1.82, 2.24) is 4.98 Å². The molecular formula is C24H26N2OS. The number of nitrogens with zero attached hydrogens (tertiary/aromatic N) is 2. The van der Waals surface area contributed by atoms with Crippen LogP contribution in [0.1, 0.15) is 34.2 Å². The molecule has 0 bridgehead atoms. The van der Waals surface area contributed by atoms with Gasteiger partial charge < -0.3 is 9.64 Å². The molecule has 1 aliphatic heterocycles. The molecule has 3 nitrogen and oxygen atoms in total. The molecule has 0 amide bonds. The lowest BCUT2D eigenvalue weighted by Crippen LogP contribution is -2.24. The van der Waals surface area contributed by atoms with Crippen molar-refractivity contribution in [3.05, 3.63) is 83.2 Å². The van der Waals surface area contributed by atoms with Gasteiger partial charge in [0.15, 0.2) is 0 Å². The first-order valence-electron chi connectivity index (χ1n) is 9.72. The second-order valence-electron chi connectivity index (χ2n) is 7.28. The summed E-state index contributed by atoms with van der Waals surface area (Å²) >= 11 is 1.97. The molecule has 0 fully saturated rings. The number of hydrogen-bond donors (Lipinski definition) is 0. The molecule has 0 saturated heterocycles. The van der Waals surface area contributed by atoms with E-state index in [4.69, 9.17) is 9.72 Å². The normalized spacial score (nSPS) is 16.4. The topological polar surface area (TPSA) is 25.4 Å². The maximum absolute atomic E-state index is 5.44. The third-order valence-corrected chi connectivity index (χ3v) is 6.62. The van der Waals surface area contributed by atoms with Crippen LogP contribution in [0.15, 0.2) is 65.6 Å². The van der Waals surface area contributed by atoms with E-state index in [0.29, 0.717) is 5.25 Å². The predicted octanol–water partition coefficient (Wildman–Crippen LogP) is 5.95. The van der Waals surface area contributed by atoms with Crippen LogP contribution in [0.5, 0.6) is 5.75 Å². The number of fused-ring (bicyclic) bond motifs is 1. The largest absolute Gasteiger partial charge is 0.496 e. The average Bonchev–Trinajstić information content (AvgIpc) is 2.88. The van der Waals surface area contributed by atoms with E-state index in [-0.39, 0.29) is 0 Å². The standard InChI is InChI=1S/C24H26N2OS/c1-17-15-19(11-12-22(17)27-3)23-13-14-26(16-20-8-6-7-18(2)25-20)21-9-4-5-10-24(21)28-23/h4-12,15,23H,13-14,16H2,1-3H3. The molecular weight excluding hydrogens is 364 g/mol. The van der Waals surface area contributed by atoms with Crippen LogP contribution >= 0.6 is 11.8 Å². The van der Waals surface area contributed by atoms with Crippen LogP contribution in [0.3, 0.4) is 0 Å². The second kappa shape index (κ2) is 8.27. The summed E-state index contributed by atoms with van der Waals surface area (Å²) in [7, 11) is 1.73. The molecule has 0 radical (unpaired) electrons. The summed E-state index contributed by atoms with van der Waals surface area (Å²) in [4.78, 5) is 8.53. The molecule has 4 heteroatoms. The molecule has 28 heavy (non-hydrogen) atoms. The summed E-state index contributed by atoms with van der Waals surface area (Å²) in [5.74, 6) is 0.954. The molecule has 1 unspecified atom stereocenters. The van der Waals surface area contributed by atoms with E-state index in [9.17, 15) is 0 Å². The lowest BCUT2D eigenvalue weighted by atomic mass is 10.1. The third-order valence-electron chi connectivity index (χ3n) is 5.23. The first kappa shape index (κ1) is 18.9. The van der Waals surface area contributed by atoms with Crippen LogP contribution in [-0.4, -0.2) is 18.6 Å². The van der Waals surface area contributed by atoms with Crippen LogP contribution in [0.4, 0.5) is 5.69 Å². The Bertz CT molecular complexity index is 972. The molecule has 2 aromatic carbocycles. The van der Waals surface area contributed by atoms with Gasteiger partial charge in [0.05, 0.1) is 25.0 Å². The Labute approximate surface area is 171 Å². The number of methoxy groups -OCH3 is 1. The first-order valence-corrected chi connectivity index (χ1v) is 10.6. The second-order valence-corrected chi connectivity index (χ2v) is 8.53. The Hall–Kier alpha value is -2.46. The summed E-state index contributed by atoms with van der Waals surface area (Å²) in [6.45, 7) is 6.02. The summed E-state index contributed by atoms with van der Waals surface area (Å²) < 4.78 is 5.44. The van der Waals surface area contributed by atoms with E-state index in [1.54, 1.807) is 7.11 Å².